The topological polar surface area (TPSA) is 51.7 Å². The smallest absolute Gasteiger partial charge is 0.410 e. The van der Waals surface area contributed by atoms with Crippen LogP contribution in [0.15, 0.2) is 36.7 Å². The quantitative estimate of drug-likeness (QED) is 0.836. The van der Waals surface area contributed by atoms with Gasteiger partial charge in [0.25, 0.3) is 0 Å². The first kappa shape index (κ1) is 16.6. The fourth-order valence-electron chi connectivity index (χ4n) is 2.86. The normalized spacial score (nSPS) is 16.2. The predicted molar refractivity (Wildman–Crippen MR) is 93.2 cm³/mol. The number of nitrogens with zero attached hydrogens (tertiary/aromatic N) is 2. The van der Waals surface area contributed by atoms with Crippen molar-refractivity contribution >= 4 is 16.9 Å². The van der Waals surface area contributed by atoms with Gasteiger partial charge in [0, 0.05) is 49.1 Å². The predicted octanol–water partition coefficient (Wildman–Crippen LogP) is 4.01. The maximum Gasteiger partial charge on any atom is 0.410 e. The summed E-state index contributed by atoms with van der Waals surface area (Å²) >= 11 is 0. The number of carbonyl (C=O) groups is 1. The Hall–Kier alpha value is -2.30. The minimum absolute atomic E-state index is 0.113. The van der Waals surface area contributed by atoms with E-state index in [1.165, 1.54) is 0 Å². The molecule has 5 nitrogen and oxygen atoms in total. The molecule has 1 aromatic carbocycles. The standard InChI is InChI=1S/C19H24N2O3/c1-19(2,3)24-18(22)21-11-8-15(9-12-21)23-17-6-4-5-14-13-20-10-7-16(14)17/h4-7,10,13,15H,8-9,11-12H2,1-3H3. The van der Waals surface area contributed by atoms with E-state index >= 15 is 0 Å². The Labute approximate surface area is 142 Å². The van der Waals surface area contributed by atoms with Gasteiger partial charge >= 0.3 is 6.09 Å². The van der Waals surface area contributed by atoms with Gasteiger partial charge in [-0.15, -0.1) is 0 Å². The first-order valence-electron chi connectivity index (χ1n) is 8.40. The number of aromatic nitrogens is 1. The number of hydrogen-bond acceptors (Lipinski definition) is 4. The molecule has 1 fully saturated rings. The molecular weight excluding hydrogens is 304 g/mol. The summed E-state index contributed by atoms with van der Waals surface area (Å²) in [5, 5.41) is 2.14. The van der Waals surface area contributed by atoms with Crippen LogP contribution in [-0.4, -0.2) is 40.8 Å². The lowest BCUT2D eigenvalue weighted by Gasteiger charge is -2.33. The van der Waals surface area contributed by atoms with Crippen LogP contribution >= 0.6 is 0 Å². The van der Waals surface area contributed by atoms with Gasteiger partial charge < -0.3 is 14.4 Å². The summed E-state index contributed by atoms with van der Waals surface area (Å²) in [6.45, 7) is 6.97. The zero-order valence-electron chi connectivity index (χ0n) is 14.5. The average Bonchev–Trinajstić information content (AvgIpc) is 2.54. The molecule has 128 valence electrons. The van der Waals surface area contributed by atoms with E-state index in [0.717, 1.165) is 29.4 Å². The molecule has 3 rings (SSSR count). The number of piperidine rings is 1. The summed E-state index contributed by atoms with van der Waals surface area (Å²) in [5.41, 5.74) is -0.457. The van der Waals surface area contributed by atoms with Crippen molar-refractivity contribution in [2.24, 2.45) is 0 Å². The summed E-state index contributed by atoms with van der Waals surface area (Å²) < 4.78 is 11.6. The minimum atomic E-state index is -0.457. The van der Waals surface area contributed by atoms with Crippen LogP contribution < -0.4 is 4.74 Å². The van der Waals surface area contributed by atoms with Gasteiger partial charge in [-0.05, 0) is 32.9 Å². The molecule has 2 aromatic rings. The molecule has 24 heavy (non-hydrogen) atoms. The molecule has 0 aliphatic carbocycles. The van der Waals surface area contributed by atoms with E-state index in [0.29, 0.717) is 13.1 Å². The third-order valence-electron chi connectivity index (χ3n) is 4.03. The Morgan fingerprint density at radius 1 is 1.21 bits per heavy atom. The van der Waals surface area contributed by atoms with Crippen LogP contribution in [0.4, 0.5) is 4.79 Å². The molecule has 0 spiro atoms. The maximum atomic E-state index is 12.1. The van der Waals surface area contributed by atoms with Crippen molar-refractivity contribution in [3.05, 3.63) is 36.7 Å². The molecule has 5 heteroatoms. The van der Waals surface area contributed by atoms with Crippen molar-refractivity contribution < 1.29 is 14.3 Å². The first-order valence-corrected chi connectivity index (χ1v) is 8.40. The molecule has 1 amide bonds. The molecule has 0 bridgehead atoms. The molecule has 1 aromatic heterocycles. The van der Waals surface area contributed by atoms with Crippen LogP contribution in [0.2, 0.25) is 0 Å². The molecule has 1 aliphatic rings. The zero-order valence-corrected chi connectivity index (χ0v) is 14.5. The summed E-state index contributed by atoms with van der Waals surface area (Å²) in [6, 6.07) is 7.97. The van der Waals surface area contributed by atoms with Crippen LogP contribution in [0.25, 0.3) is 10.8 Å². The number of likely N-dealkylation sites (tertiary alicyclic amines) is 1. The van der Waals surface area contributed by atoms with E-state index in [9.17, 15) is 4.79 Å². The fourth-order valence-corrected chi connectivity index (χ4v) is 2.86. The summed E-state index contributed by atoms with van der Waals surface area (Å²) in [6.07, 6.45) is 5.11. The number of hydrogen-bond donors (Lipinski definition) is 0. The molecule has 0 atom stereocenters. The van der Waals surface area contributed by atoms with Crippen molar-refractivity contribution in [2.75, 3.05) is 13.1 Å². The molecule has 0 saturated carbocycles. The Kier molecular flexibility index (Phi) is 4.60. The highest BCUT2D eigenvalue weighted by Crippen LogP contribution is 2.27. The summed E-state index contributed by atoms with van der Waals surface area (Å²) in [4.78, 5) is 18.0. The second kappa shape index (κ2) is 6.67. The van der Waals surface area contributed by atoms with Gasteiger partial charge in [0.1, 0.15) is 17.5 Å². The number of pyridine rings is 1. The Balaban J connectivity index is 1.60. The number of amides is 1. The van der Waals surface area contributed by atoms with Gasteiger partial charge in [-0.2, -0.15) is 0 Å². The van der Waals surface area contributed by atoms with Gasteiger partial charge in [0.15, 0.2) is 0 Å². The number of benzene rings is 1. The van der Waals surface area contributed by atoms with E-state index < -0.39 is 5.60 Å². The number of fused-ring (bicyclic) bond motifs is 1. The second-order valence-corrected chi connectivity index (χ2v) is 7.14. The van der Waals surface area contributed by atoms with E-state index in [4.69, 9.17) is 9.47 Å². The zero-order chi connectivity index (χ0) is 17.2. The van der Waals surface area contributed by atoms with Crippen LogP contribution in [0.3, 0.4) is 0 Å². The molecular formula is C19H24N2O3. The molecule has 1 saturated heterocycles. The number of rotatable bonds is 2. The molecule has 0 unspecified atom stereocenters. The molecule has 2 heterocycles. The SMILES string of the molecule is CC(C)(C)OC(=O)N1CCC(Oc2cccc3cnccc23)CC1. The third kappa shape index (κ3) is 3.96. The highest BCUT2D eigenvalue weighted by Gasteiger charge is 2.27. The van der Waals surface area contributed by atoms with Gasteiger partial charge in [0.2, 0.25) is 0 Å². The third-order valence-corrected chi connectivity index (χ3v) is 4.03. The van der Waals surface area contributed by atoms with Gasteiger partial charge in [-0.25, -0.2) is 4.79 Å². The van der Waals surface area contributed by atoms with Crippen molar-refractivity contribution in [2.45, 2.75) is 45.3 Å². The highest BCUT2D eigenvalue weighted by atomic mass is 16.6. The van der Waals surface area contributed by atoms with Gasteiger partial charge in [-0.1, -0.05) is 12.1 Å². The lowest BCUT2D eigenvalue weighted by atomic mass is 10.1. The maximum absolute atomic E-state index is 12.1. The van der Waals surface area contributed by atoms with E-state index in [1.807, 2.05) is 51.2 Å². The van der Waals surface area contributed by atoms with Crippen LogP contribution in [0.1, 0.15) is 33.6 Å². The molecule has 0 N–H and O–H groups in total. The van der Waals surface area contributed by atoms with Crippen molar-refractivity contribution in [1.29, 1.82) is 0 Å². The number of carbonyl (C=O) groups excluding carboxylic acids is 1. The van der Waals surface area contributed by atoms with Crippen molar-refractivity contribution in [1.82, 2.24) is 9.88 Å². The largest absolute Gasteiger partial charge is 0.490 e. The van der Waals surface area contributed by atoms with Crippen LogP contribution in [0.5, 0.6) is 5.75 Å². The lowest BCUT2D eigenvalue weighted by Crippen LogP contribution is -2.44. The first-order chi connectivity index (χ1) is 11.4. The summed E-state index contributed by atoms with van der Waals surface area (Å²) in [5.74, 6) is 0.880. The fraction of sp³-hybridized carbons (Fsp3) is 0.474. The van der Waals surface area contributed by atoms with Crippen molar-refractivity contribution in [3.8, 4) is 5.75 Å². The Bertz CT molecular complexity index is 711. The van der Waals surface area contributed by atoms with E-state index in [2.05, 4.69) is 4.98 Å². The Morgan fingerprint density at radius 2 is 1.96 bits per heavy atom. The average molecular weight is 328 g/mol. The van der Waals surface area contributed by atoms with E-state index in [-0.39, 0.29) is 12.2 Å². The Morgan fingerprint density at radius 3 is 2.67 bits per heavy atom. The van der Waals surface area contributed by atoms with Crippen molar-refractivity contribution in [3.63, 3.8) is 0 Å². The monoisotopic (exact) mass is 328 g/mol. The summed E-state index contributed by atoms with van der Waals surface area (Å²) in [7, 11) is 0. The van der Waals surface area contributed by atoms with E-state index in [1.54, 1.807) is 11.1 Å². The minimum Gasteiger partial charge on any atom is -0.490 e. The second-order valence-electron chi connectivity index (χ2n) is 7.14. The molecule has 1 aliphatic heterocycles. The van der Waals surface area contributed by atoms with Crippen LogP contribution in [-0.2, 0) is 4.74 Å². The molecule has 0 radical (unpaired) electrons. The lowest BCUT2D eigenvalue weighted by molar-refractivity contribution is 0.0128. The van der Waals surface area contributed by atoms with Crippen LogP contribution in [0, 0.1) is 0 Å². The highest BCUT2D eigenvalue weighted by molar-refractivity contribution is 5.87. The number of ether oxygens (including phenoxy) is 2. The van der Waals surface area contributed by atoms with Gasteiger partial charge in [0.05, 0.1) is 0 Å². The van der Waals surface area contributed by atoms with Gasteiger partial charge in [-0.3, -0.25) is 4.98 Å².